The monoisotopic (exact) mass is 409 g/mol. The van der Waals surface area contributed by atoms with Gasteiger partial charge in [-0.05, 0) is 54.6 Å². The van der Waals surface area contributed by atoms with Gasteiger partial charge in [0.1, 0.15) is 0 Å². The number of carbonyl (C=O) groups is 3. The third-order valence-corrected chi connectivity index (χ3v) is 5.39. The molecule has 1 aliphatic rings. The van der Waals surface area contributed by atoms with Crippen LogP contribution in [-0.4, -0.2) is 42.6 Å². The predicted molar refractivity (Wildman–Crippen MR) is 118 cm³/mol. The van der Waals surface area contributed by atoms with E-state index in [0.717, 1.165) is 33.5 Å². The van der Waals surface area contributed by atoms with Gasteiger partial charge in [-0.15, -0.1) is 0 Å². The van der Waals surface area contributed by atoms with Crippen LogP contribution in [0.25, 0.3) is 6.08 Å². The number of benzene rings is 2. The van der Waals surface area contributed by atoms with Gasteiger partial charge in [-0.25, -0.2) is 0 Å². The van der Waals surface area contributed by atoms with Gasteiger partial charge < -0.3 is 10.2 Å². The van der Waals surface area contributed by atoms with Crippen LogP contribution in [0.3, 0.4) is 0 Å². The lowest BCUT2D eigenvalue weighted by Crippen LogP contribution is -2.31. The Morgan fingerprint density at radius 1 is 1.07 bits per heavy atom. The molecule has 0 unspecified atom stereocenters. The summed E-state index contributed by atoms with van der Waals surface area (Å²) in [7, 11) is 3.91. The number of hydrogen-bond donors (Lipinski definition) is 1. The summed E-state index contributed by atoms with van der Waals surface area (Å²) in [4.78, 5) is 40.4. The zero-order valence-corrected chi connectivity index (χ0v) is 17.5. The summed E-state index contributed by atoms with van der Waals surface area (Å²) in [5, 5.41) is 2.42. The van der Waals surface area contributed by atoms with E-state index in [-0.39, 0.29) is 30.0 Å². The number of anilines is 2. The van der Waals surface area contributed by atoms with Gasteiger partial charge in [0.15, 0.2) is 0 Å². The van der Waals surface area contributed by atoms with Gasteiger partial charge in [-0.2, -0.15) is 0 Å². The summed E-state index contributed by atoms with van der Waals surface area (Å²) in [5.41, 5.74) is 3.69. The molecule has 150 valence electrons. The lowest BCUT2D eigenvalue weighted by molar-refractivity contribution is -0.123. The fraction of sp³-hybridized carbons (Fsp3) is 0.227. The van der Waals surface area contributed by atoms with Crippen LogP contribution >= 0.6 is 11.8 Å². The molecule has 6 nitrogen and oxygen atoms in total. The van der Waals surface area contributed by atoms with Crippen LogP contribution in [0.1, 0.15) is 17.5 Å². The van der Waals surface area contributed by atoms with Gasteiger partial charge in [-0.3, -0.25) is 19.3 Å². The van der Waals surface area contributed by atoms with E-state index in [9.17, 15) is 14.4 Å². The van der Waals surface area contributed by atoms with Crippen LogP contribution in [0.2, 0.25) is 0 Å². The van der Waals surface area contributed by atoms with Gasteiger partial charge in [-0.1, -0.05) is 29.8 Å². The van der Waals surface area contributed by atoms with Gasteiger partial charge >= 0.3 is 0 Å². The summed E-state index contributed by atoms with van der Waals surface area (Å²) in [5.74, 6) is -0.601. The highest BCUT2D eigenvalue weighted by atomic mass is 32.2. The van der Waals surface area contributed by atoms with Crippen LogP contribution < -0.4 is 10.2 Å². The zero-order valence-electron chi connectivity index (χ0n) is 16.6. The summed E-state index contributed by atoms with van der Waals surface area (Å²) < 4.78 is 0. The number of carbonyl (C=O) groups excluding carboxylic acids is 3. The minimum Gasteiger partial charge on any atom is -0.378 e. The SMILES string of the molecule is Cc1ccc(NC(=O)CCN2C(=O)S/C(=C/c3ccc(N(C)C)cc3)C2=O)cc1. The first-order valence-electron chi connectivity index (χ1n) is 9.23. The third-order valence-electron chi connectivity index (χ3n) is 4.48. The van der Waals surface area contributed by atoms with Gasteiger partial charge in [0.25, 0.3) is 11.1 Å². The average molecular weight is 410 g/mol. The molecule has 29 heavy (non-hydrogen) atoms. The van der Waals surface area contributed by atoms with Crippen molar-refractivity contribution in [3.8, 4) is 0 Å². The van der Waals surface area contributed by atoms with Crippen molar-refractivity contribution in [1.82, 2.24) is 4.90 Å². The maximum atomic E-state index is 12.6. The standard InChI is InChI=1S/C22H23N3O3S/c1-15-4-8-17(9-5-15)23-20(26)12-13-25-21(27)19(29-22(25)28)14-16-6-10-18(11-7-16)24(2)3/h4-11,14H,12-13H2,1-3H3,(H,23,26)/b19-14+. The van der Waals surface area contributed by atoms with Gasteiger partial charge in [0, 0.05) is 38.4 Å². The molecule has 7 heteroatoms. The van der Waals surface area contributed by atoms with E-state index in [2.05, 4.69) is 5.32 Å². The fourth-order valence-electron chi connectivity index (χ4n) is 2.79. The third kappa shape index (κ3) is 5.26. The molecule has 0 radical (unpaired) electrons. The lowest BCUT2D eigenvalue weighted by atomic mass is 10.2. The number of aryl methyl sites for hydroxylation is 1. The van der Waals surface area contributed by atoms with E-state index < -0.39 is 0 Å². The molecule has 1 saturated heterocycles. The molecule has 3 amide bonds. The van der Waals surface area contributed by atoms with E-state index in [1.807, 2.05) is 74.4 Å². The van der Waals surface area contributed by atoms with Crippen molar-refractivity contribution in [2.45, 2.75) is 13.3 Å². The minimum atomic E-state index is -0.361. The van der Waals surface area contributed by atoms with E-state index >= 15 is 0 Å². The fourth-order valence-corrected chi connectivity index (χ4v) is 3.65. The smallest absolute Gasteiger partial charge is 0.293 e. The van der Waals surface area contributed by atoms with E-state index in [0.29, 0.717) is 10.6 Å². The van der Waals surface area contributed by atoms with Crippen LogP contribution in [0, 0.1) is 6.92 Å². The second-order valence-corrected chi connectivity index (χ2v) is 7.98. The molecular weight excluding hydrogens is 386 g/mol. The average Bonchev–Trinajstić information content (AvgIpc) is 2.95. The molecule has 3 rings (SSSR count). The van der Waals surface area contributed by atoms with Gasteiger partial charge in [0.05, 0.1) is 4.91 Å². The van der Waals surface area contributed by atoms with E-state index in [4.69, 9.17) is 0 Å². The molecular formula is C22H23N3O3S. The molecule has 0 aliphatic carbocycles. The second kappa shape index (κ2) is 8.96. The van der Waals surface area contributed by atoms with Crippen molar-refractivity contribution < 1.29 is 14.4 Å². The number of nitrogens with one attached hydrogen (secondary N) is 1. The normalized spacial score (nSPS) is 15.1. The molecule has 2 aromatic rings. The van der Waals surface area contributed by atoms with Crippen LogP contribution in [-0.2, 0) is 9.59 Å². The topological polar surface area (TPSA) is 69.7 Å². The molecule has 1 heterocycles. The highest BCUT2D eigenvalue weighted by molar-refractivity contribution is 8.18. The van der Waals surface area contributed by atoms with Crippen molar-refractivity contribution in [3.05, 3.63) is 64.6 Å². The van der Waals surface area contributed by atoms with Gasteiger partial charge in [0.2, 0.25) is 5.91 Å². The minimum absolute atomic E-state index is 0.0523. The number of thioether (sulfide) groups is 1. The number of nitrogens with zero attached hydrogens (tertiary/aromatic N) is 2. The van der Waals surface area contributed by atoms with Crippen LogP contribution in [0.4, 0.5) is 16.2 Å². The maximum absolute atomic E-state index is 12.6. The van der Waals surface area contributed by atoms with Crippen molar-refractivity contribution in [2.24, 2.45) is 0 Å². The second-order valence-electron chi connectivity index (χ2n) is 6.98. The Labute approximate surface area is 174 Å². The number of amides is 3. The molecule has 0 saturated carbocycles. The Bertz CT molecular complexity index is 950. The summed E-state index contributed by atoms with van der Waals surface area (Å²) in [6, 6.07) is 15.1. The predicted octanol–water partition coefficient (Wildman–Crippen LogP) is 4.13. The number of rotatable bonds is 6. The first-order valence-corrected chi connectivity index (χ1v) is 10.0. The zero-order chi connectivity index (χ0) is 21.0. The Kier molecular flexibility index (Phi) is 6.39. The van der Waals surface area contributed by atoms with Crippen LogP contribution in [0.5, 0.6) is 0 Å². The highest BCUT2D eigenvalue weighted by Crippen LogP contribution is 2.32. The Balaban J connectivity index is 1.59. The van der Waals surface area contributed by atoms with Crippen LogP contribution in [0.15, 0.2) is 53.4 Å². The molecule has 2 aromatic carbocycles. The molecule has 0 atom stereocenters. The summed E-state index contributed by atoms with van der Waals surface area (Å²) in [6.07, 6.45) is 1.76. The van der Waals surface area contributed by atoms with Crippen molar-refractivity contribution in [1.29, 1.82) is 0 Å². The number of hydrogen-bond acceptors (Lipinski definition) is 5. The summed E-state index contributed by atoms with van der Waals surface area (Å²) >= 11 is 0.901. The maximum Gasteiger partial charge on any atom is 0.293 e. The Hall–Kier alpha value is -3.06. The first-order chi connectivity index (χ1) is 13.8. The molecule has 0 bridgehead atoms. The largest absolute Gasteiger partial charge is 0.378 e. The van der Waals surface area contributed by atoms with E-state index in [1.54, 1.807) is 6.08 Å². The highest BCUT2D eigenvalue weighted by Gasteiger charge is 2.35. The quantitative estimate of drug-likeness (QED) is 0.727. The molecule has 0 aromatic heterocycles. The molecule has 1 N–H and O–H groups in total. The van der Waals surface area contributed by atoms with E-state index in [1.165, 1.54) is 0 Å². The Morgan fingerprint density at radius 3 is 2.34 bits per heavy atom. The summed E-state index contributed by atoms with van der Waals surface area (Å²) in [6.45, 7) is 2.02. The molecule has 0 spiro atoms. The molecule has 1 fully saturated rings. The van der Waals surface area contributed by atoms with Crippen molar-refractivity contribution in [3.63, 3.8) is 0 Å². The number of imide groups is 1. The first kappa shape index (κ1) is 20.7. The lowest BCUT2D eigenvalue weighted by Gasteiger charge is -2.12. The van der Waals surface area contributed by atoms with Crippen molar-refractivity contribution >= 4 is 46.3 Å². The van der Waals surface area contributed by atoms with Crippen molar-refractivity contribution in [2.75, 3.05) is 30.9 Å². The Morgan fingerprint density at radius 2 is 1.72 bits per heavy atom. The molecule has 1 aliphatic heterocycles.